The Bertz CT molecular complexity index is 612. The molecule has 0 unspecified atom stereocenters. The van der Waals surface area contributed by atoms with Crippen molar-refractivity contribution in [2.24, 2.45) is 0 Å². The molecule has 5 heteroatoms. The highest BCUT2D eigenvalue weighted by molar-refractivity contribution is 5.75. The van der Waals surface area contributed by atoms with E-state index < -0.39 is 17.5 Å². The molecule has 0 aromatic heterocycles. The molecule has 100 valence electrons. The van der Waals surface area contributed by atoms with Crippen LogP contribution in [0.15, 0.2) is 30.3 Å². The summed E-state index contributed by atoms with van der Waals surface area (Å²) in [4.78, 5) is 0. The van der Waals surface area contributed by atoms with Gasteiger partial charge in [0, 0.05) is 7.05 Å². The topological polar surface area (TPSA) is 24.1 Å². The maximum absolute atomic E-state index is 13.7. The van der Waals surface area contributed by atoms with Crippen LogP contribution in [0.4, 0.5) is 30.2 Å². The van der Waals surface area contributed by atoms with Gasteiger partial charge < -0.3 is 10.6 Å². The van der Waals surface area contributed by atoms with Gasteiger partial charge >= 0.3 is 0 Å². The highest BCUT2D eigenvalue weighted by atomic mass is 19.2. The minimum atomic E-state index is -1.05. The van der Waals surface area contributed by atoms with E-state index >= 15 is 0 Å². The molecule has 0 atom stereocenters. The Hall–Kier alpha value is -2.17. The number of anilines is 3. The number of nitrogens with one attached hydrogen (secondary N) is 2. The Morgan fingerprint density at radius 1 is 0.895 bits per heavy atom. The first kappa shape index (κ1) is 13.3. The third kappa shape index (κ3) is 2.65. The standard InChI is InChI=1S/C14H13F3N2/c1-8-3-5-11(10(16)7-8)19-14-12(18-2)6-4-9(15)13(14)17/h3-7,18-19H,1-2H3. The second kappa shape index (κ2) is 5.22. The summed E-state index contributed by atoms with van der Waals surface area (Å²) in [5, 5.41) is 5.30. The summed E-state index contributed by atoms with van der Waals surface area (Å²) in [7, 11) is 1.57. The van der Waals surface area contributed by atoms with Crippen molar-refractivity contribution in [3.8, 4) is 0 Å². The lowest BCUT2D eigenvalue weighted by atomic mass is 10.2. The zero-order chi connectivity index (χ0) is 14.0. The van der Waals surface area contributed by atoms with Gasteiger partial charge in [0.2, 0.25) is 0 Å². The second-order valence-electron chi connectivity index (χ2n) is 4.14. The molecule has 2 aromatic rings. The normalized spacial score (nSPS) is 10.4. The van der Waals surface area contributed by atoms with Crippen LogP contribution in [0.25, 0.3) is 0 Å². The molecule has 2 rings (SSSR count). The third-order valence-electron chi connectivity index (χ3n) is 2.75. The molecule has 0 radical (unpaired) electrons. The summed E-state index contributed by atoms with van der Waals surface area (Å²) in [5.74, 6) is -2.56. The van der Waals surface area contributed by atoms with Crippen molar-refractivity contribution >= 4 is 17.1 Å². The minimum Gasteiger partial charge on any atom is -0.386 e. The Kier molecular flexibility index (Phi) is 3.64. The fourth-order valence-corrected chi connectivity index (χ4v) is 1.74. The van der Waals surface area contributed by atoms with Crippen molar-refractivity contribution in [3.05, 3.63) is 53.3 Å². The maximum Gasteiger partial charge on any atom is 0.184 e. The largest absolute Gasteiger partial charge is 0.386 e. The molecule has 2 aromatic carbocycles. The van der Waals surface area contributed by atoms with Gasteiger partial charge in [0.25, 0.3) is 0 Å². The average Bonchev–Trinajstić information content (AvgIpc) is 2.38. The SMILES string of the molecule is CNc1ccc(F)c(F)c1Nc1ccc(C)cc1F. The van der Waals surface area contributed by atoms with Crippen molar-refractivity contribution < 1.29 is 13.2 Å². The van der Waals surface area contributed by atoms with Crippen LogP contribution in [0.3, 0.4) is 0 Å². The van der Waals surface area contributed by atoms with Gasteiger partial charge in [0.1, 0.15) is 11.5 Å². The van der Waals surface area contributed by atoms with Crippen LogP contribution in [0.1, 0.15) is 5.56 Å². The summed E-state index contributed by atoms with van der Waals surface area (Å²) in [6, 6.07) is 6.87. The molecule has 2 N–H and O–H groups in total. The van der Waals surface area contributed by atoms with Gasteiger partial charge in [0.15, 0.2) is 11.6 Å². The van der Waals surface area contributed by atoms with E-state index in [4.69, 9.17) is 0 Å². The van der Waals surface area contributed by atoms with Crippen molar-refractivity contribution in [1.82, 2.24) is 0 Å². The van der Waals surface area contributed by atoms with Crippen molar-refractivity contribution in [2.75, 3.05) is 17.7 Å². The molecule has 19 heavy (non-hydrogen) atoms. The highest BCUT2D eigenvalue weighted by Gasteiger charge is 2.14. The van der Waals surface area contributed by atoms with Crippen LogP contribution >= 0.6 is 0 Å². The summed E-state index contributed by atoms with van der Waals surface area (Å²) < 4.78 is 40.7. The van der Waals surface area contributed by atoms with Crippen molar-refractivity contribution in [1.29, 1.82) is 0 Å². The summed E-state index contributed by atoms with van der Waals surface area (Å²) in [6.07, 6.45) is 0. The number of halogens is 3. The zero-order valence-corrected chi connectivity index (χ0v) is 10.5. The highest BCUT2D eigenvalue weighted by Crippen LogP contribution is 2.31. The molecule has 0 saturated carbocycles. The molecule has 0 aliphatic heterocycles. The number of rotatable bonds is 3. The molecule has 0 spiro atoms. The molecule has 0 fully saturated rings. The van der Waals surface area contributed by atoms with Crippen LogP contribution in [-0.2, 0) is 0 Å². The van der Waals surface area contributed by atoms with E-state index in [-0.39, 0.29) is 11.4 Å². The lowest BCUT2D eigenvalue weighted by molar-refractivity contribution is 0.512. The predicted octanol–water partition coefficient (Wildman–Crippen LogP) is 4.20. The van der Waals surface area contributed by atoms with Crippen LogP contribution in [0, 0.1) is 24.4 Å². The smallest absolute Gasteiger partial charge is 0.184 e. The predicted molar refractivity (Wildman–Crippen MR) is 70.3 cm³/mol. The monoisotopic (exact) mass is 266 g/mol. The van der Waals surface area contributed by atoms with E-state index in [2.05, 4.69) is 10.6 Å². The number of aryl methyl sites for hydroxylation is 1. The molecular formula is C14H13F3N2. The van der Waals surface area contributed by atoms with E-state index in [0.29, 0.717) is 5.69 Å². The Balaban J connectivity index is 2.45. The molecule has 0 aliphatic rings. The van der Waals surface area contributed by atoms with Gasteiger partial charge in [-0.1, -0.05) is 6.07 Å². The number of hydrogen-bond acceptors (Lipinski definition) is 2. The van der Waals surface area contributed by atoms with Crippen LogP contribution in [0.2, 0.25) is 0 Å². The lowest BCUT2D eigenvalue weighted by Gasteiger charge is -2.14. The molecular weight excluding hydrogens is 253 g/mol. The van der Waals surface area contributed by atoms with Gasteiger partial charge in [-0.2, -0.15) is 0 Å². The fourth-order valence-electron chi connectivity index (χ4n) is 1.74. The van der Waals surface area contributed by atoms with Gasteiger partial charge in [0.05, 0.1) is 11.4 Å². The lowest BCUT2D eigenvalue weighted by Crippen LogP contribution is -2.03. The molecule has 0 amide bonds. The van der Waals surface area contributed by atoms with Crippen molar-refractivity contribution in [3.63, 3.8) is 0 Å². The molecule has 2 nitrogen and oxygen atoms in total. The Morgan fingerprint density at radius 2 is 1.58 bits per heavy atom. The van der Waals surface area contributed by atoms with E-state index in [9.17, 15) is 13.2 Å². The van der Waals surface area contributed by atoms with Crippen molar-refractivity contribution in [2.45, 2.75) is 6.92 Å². The molecule has 0 saturated heterocycles. The zero-order valence-electron chi connectivity index (χ0n) is 10.5. The van der Waals surface area contributed by atoms with E-state index in [1.54, 1.807) is 20.0 Å². The van der Waals surface area contributed by atoms with E-state index in [1.807, 2.05) is 0 Å². The Morgan fingerprint density at radius 3 is 2.21 bits per heavy atom. The van der Waals surface area contributed by atoms with Crippen LogP contribution in [-0.4, -0.2) is 7.05 Å². The maximum atomic E-state index is 13.7. The van der Waals surface area contributed by atoms with Gasteiger partial charge in [-0.3, -0.25) is 0 Å². The van der Waals surface area contributed by atoms with Crippen LogP contribution in [0.5, 0.6) is 0 Å². The van der Waals surface area contributed by atoms with Gasteiger partial charge in [-0.05, 0) is 36.8 Å². The first-order chi connectivity index (χ1) is 9.02. The quantitative estimate of drug-likeness (QED) is 0.870. The summed E-state index contributed by atoms with van der Waals surface area (Å²) in [5.41, 5.74) is 1.06. The van der Waals surface area contributed by atoms with E-state index in [0.717, 1.165) is 11.6 Å². The number of benzene rings is 2. The fraction of sp³-hybridized carbons (Fsp3) is 0.143. The Labute approximate surface area is 109 Å². The molecule has 0 heterocycles. The molecule has 0 aliphatic carbocycles. The first-order valence-electron chi connectivity index (χ1n) is 5.72. The van der Waals surface area contributed by atoms with Gasteiger partial charge in [-0.15, -0.1) is 0 Å². The average molecular weight is 266 g/mol. The number of hydrogen-bond donors (Lipinski definition) is 2. The third-order valence-corrected chi connectivity index (χ3v) is 2.75. The van der Waals surface area contributed by atoms with Gasteiger partial charge in [-0.25, -0.2) is 13.2 Å². The summed E-state index contributed by atoms with van der Waals surface area (Å²) >= 11 is 0. The first-order valence-corrected chi connectivity index (χ1v) is 5.72. The minimum absolute atomic E-state index is 0.0894. The molecule has 0 bridgehead atoms. The van der Waals surface area contributed by atoms with E-state index in [1.165, 1.54) is 18.2 Å². The summed E-state index contributed by atoms with van der Waals surface area (Å²) in [6.45, 7) is 1.74. The van der Waals surface area contributed by atoms with Crippen LogP contribution < -0.4 is 10.6 Å². The second-order valence-corrected chi connectivity index (χ2v) is 4.14.